The van der Waals surface area contributed by atoms with E-state index in [1.54, 1.807) is 61.9 Å². The molecule has 0 unspecified atom stereocenters. The lowest BCUT2D eigenvalue weighted by molar-refractivity contribution is -0.145. The summed E-state index contributed by atoms with van der Waals surface area (Å²) in [5.41, 5.74) is 2.49. The maximum Gasteiger partial charge on any atom is 0.344 e. The van der Waals surface area contributed by atoms with Crippen molar-refractivity contribution in [2.75, 3.05) is 32.8 Å². The molecule has 4 aromatic rings. The lowest BCUT2D eigenvalue weighted by atomic mass is 9.95. The van der Waals surface area contributed by atoms with E-state index in [1.165, 1.54) is 18.4 Å². The summed E-state index contributed by atoms with van der Waals surface area (Å²) in [6, 6.07) is 19.1. The van der Waals surface area contributed by atoms with Gasteiger partial charge in [-0.15, -0.1) is 0 Å². The van der Waals surface area contributed by atoms with Crippen molar-refractivity contribution in [1.82, 2.24) is 4.57 Å². The second-order valence-electron chi connectivity index (χ2n) is 9.81. The van der Waals surface area contributed by atoms with E-state index in [1.807, 2.05) is 36.4 Å². The lowest BCUT2D eigenvalue weighted by Crippen LogP contribution is -2.40. The second kappa shape index (κ2) is 14.0. The number of methoxy groups -OCH3 is 2. The van der Waals surface area contributed by atoms with E-state index in [-0.39, 0.29) is 24.7 Å². The highest BCUT2D eigenvalue weighted by Crippen LogP contribution is 2.37. The number of ether oxygens (including phenoxy) is 4. The van der Waals surface area contributed by atoms with Crippen LogP contribution in [0.25, 0.3) is 6.08 Å². The standard InChI is InChI=1S/C33H30BrN3O7S/c1-5-43-27(38)18-44-30-24(34)14-20(15-25(30)42-4)16-26-32(40)37-29(21-10-9-13-23(17-21)41-3)28(19(2)35-33(37)45-26)31(39)36-22-11-7-6-8-12-22/h6-17,29H,5,18H2,1-4H3,(H,36,39)/b26-16-/t29-/m1/s1. The first-order chi connectivity index (χ1) is 21.7. The molecule has 0 spiro atoms. The van der Waals surface area contributed by atoms with Crippen molar-refractivity contribution >= 4 is 50.9 Å². The molecule has 1 atom stereocenters. The molecule has 3 aromatic carbocycles. The summed E-state index contributed by atoms with van der Waals surface area (Å²) >= 11 is 4.70. The Labute approximate surface area is 271 Å². The molecular weight excluding hydrogens is 662 g/mol. The fourth-order valence-electron chi connectivity index (χ4n) is 4.91. The van der Waals surface area contributed by atoms with Gasteiger partial charge in [0, 0.05) is 5.69 Å². The van der Waals surface area contributed by atoms with Crippen LogP contribution in [-0.2, 0) is 14.3 Å². The molecule has 2 heterocycles. The van der Waals surface area contributed by atoms with Crippen LogP contribution in [0.1, 0.15) is 31.0 Å². The zero-order chi connectivity index (χ0) is 32.1. The normalized spacial score (nSPS) is 14.3. The molecular formula is C33H30BrN3O7S. The number of carbonyl (C=O) groups is 2. The SMILES string of the molecule is CCOC(=O)COc1c(Br)cc(/C=c2\sc3n(c2=O)[C@H](c2cccc(OC)c2)C(C(=O)Nc2ccccc2)=C(C)N=3)cc1OC. The Morgan fingerprint density at radius 3 is 2.56 bits per heavy atom. The summed E-state index contributed by atoms with van der Waals surface area (Å²) in [7, 11) is 3.05. The third-order valence-corrected chi connectivity index (χ3v) is 8.47. The molecule has 0 aliphatic carbocycles. The van der Waals surface area contributed by atoms with Crippen LogP contribution in [0.2, 0.25) is 0 Å². The van der Waals surface area contributed by atoms with Crippen molar-refractivity contribution in [2.45, 2.75) is 19.9 Å². The number of allylic oxidation sites excluding steroid dienone is 1. The molecule has 1 aromatic heterocycles. The molecule has 10 nitrogen and oxygen atoms in total. The fourth-order valence-corrected chi connectivity index (χ4v) is 6.53. The van der Waals surface area contributed by atoms with Crippen molar-refractivity contribution in [2.24, 2.45) is 4.99 Å². The number of carbonyl (C=O) groups excluding carboxylic acids is 2. The highest BCUT2D eigenvalue weighted by atomic mass is 79.9. The number of nitrogens with one attached hydrogen (secondary N) is 1. The van der Waals surface area contributed by atoms with Crippen molar-refractivity contribution in [3.63, 3.8) is 0 Å². The van der Waals surface area contributed by atoms with E-state index < -0.39 is 12.0 Å². The minimum atomic E-state index is -0.762. The first-order valence-corrected chi connectivity index (χ1v) is 15.5. The second-order valence-corrected chi connectivity index (χ2v) is 11.7. The highest BCUT2D eigenvalue weighted by Gasteiger charge is 2.33. The van der Waals surface area contributed by atoms with Gasteiger partial charge in [-0.05, 0) is 83.4 Å². The summed E-state index contributed by atoms with van der Waals surface area (Å²) in [4.78, 5) is 44.9. The molecule has 45 heavy (non-hydrogen) atoms. The van der Waals surface area contributed by atoms with Crippen LogP contribution in [0.5, 0.6) is 17.2 Å². The maximum atomic E-state index is 14.1. The number of hydrogen-bond donors (Lipinski definition) is 1. The molecule has 0 bridgehead atoms. The van der Waals surface area contributed by atoms with Crippen LogP contribution < -0.4 is 34.4 Å². The molecule has 1 aliphatic rings. The topological polar surface area (TPSA) is 117 Å². The molecule has 12 heteroatoms. The Hall–Kier alpha value is -4.68. The van der Waals surface area contributed by atoms with E-state index >= 15 is 0 Å². The number of anilines is 1. The van der Waals surface area contributed by atoms with E-state index in [9.17, 15) is 14.4 Å². The Kier molecular flexibility index (Phi) is 9.84. The zero-order valence-corrected chi connectivity index (χ0v) is 27.4. The number of rotatable bonds is 10. The summed E-state index contributed by atoms with van der Waals surface area (Å²) in [6.45, 7) is 3.44. The van der Waals surface area contributed by atoms with Gasteiger partial charge in [0.25, 0.3) is 11.5 Å². The third kappa shape index (κ3) is 6.86. The Morgan fingerprint density at radius 2 is 1.84 bits per heavy atom. The van der Waals surface area contributed by atoms with Crippen molar-refractivity contribution in [3.8, 4) is 17.2 Å². The fraction of sp³-hybridized carbons (Fsp3) is 0.212. The first-order valence-electron chi connectivity index (χ1n) is 13.9. The first kappa shape index (κ1) is 31.7. The smallest absolute Gasteiger partial charge is 0.344 e. The number of halogens is 1. The van der Waals surface area contributed by atoms with Crippen LogP contribution in [0, 0.1) is 0 Å². The number of esters is 1. The maximum absolute atomic E-state index is 14.1. The summed E-state index contributed by atoms with van der Waals surface area (Å²) in [5, 5.41) is 2.95. The van der Waals surface area contributed by atoms with Gasteiger partial charge in [-0.3, -0.25) is 14.2 Å². The van der Waals surface area contributed by atoms with Gasteiger partial charge in [0.1, 0.15) is 5.75 Å². The Balaban J connectivity index is 1.60. The molecule has 5 rings (SSSR count). The minimum absolute atomic E-state index is 0.244. The zero-order valence-electron chi connectivity index (χ0n) is 25.0. The summed E-state index contributed by atoms with van der Waals surface area (Å²) in [6.07, 6.45) is 1.72. The van der Waals surface area contributed by atoms with E-state index in [0.29, 0.717) is 59.1 Å². The van der Waals surface area contributed by atoms with Gasteiger partial charge in [0.05, 0.1) is 47.1 Å². The summed E-state index contributed by atoms with van der Waals surface area (Å²) in [5.74, 6) is 0.407. The number of para-hydroxylation sites is 1. The number of hydrogen-bond acceptors (Lipinski definition) is 9. The molecule has 0 radical (unpaired) electrons. The van der Waals surface area contributed by atoms with Crippen LogP contribution in [0.3, 0.4) is 0 Å². The van der Waals surface area contributed by atoms with E-state index in [2.05, 4.69) is 21.2 Å². The average molecular weight is 693 g/mol. The minimum Gasteiger partial charge on any atom is -0.497 e. The number of thiazole rings is 1. The van der Waals surface area contributed by atoms with Gasteiger partial charge in [-0.2, -0.15) is 0 Å². The Morgan fingerprint density at radius 1 is 1.07 bits per heavy atom. The molecule has 0 saturated heterocycles. The lowest BCUT2D eigenvalue weighted by Gasteiger charge is -2.25. The predicted molar refractivity (Wildman–Crippen MR) is 175 cm³/mol. The molecule has 0 fully saturated rings. The van der Waals surface area contributed by atoms with Crippen LogP contribution in [0.15, 0.2) is 92.3 Å². The van der Waals surface area contributed by atoms with Crippen LogP contribution >= 0.6 is 27.3 Å². The largest absolute Gasteiger partial charge is 0.497 e. The van der Waals surface area contributed by atoms with Gasteiger partial charge < -0.3 is 24.3 Å². The monoisotopic (exact) mass is 691 g/mol. The van der Waals surface area contributed by atoms with Crippen molar-refractivity contribution in [3.05, 3.63) is 113 Å². The average Bonchev–Trinajstić information content (AvgIpc) is 3.33. The Bertz CT molecular complexity index is 1970. The van der Waals surface area contributed by atoms with E-state index in [0.717, 1.165) is 0 Å². The van der Waals surface area contributed by atoms with Gasteiger partial charge in [0.2, 0.25) is 0 Å². The van der Waals surface area contributed by atoms with Gasteiger partial charge >= 0.3 is 5.97 Å². The molecule has 1 aliphatic heterocycles. The predicted octanol–water partition coefficient (Wildman–Crippen LogP) is 4.60. The number of nitrogens with zero attached hydrogens (tertiary/aromatic N) is 2. The number of fused-ring (bicyclic) bond motifs is 1. The van der Waals surface area contributed by atoms with Crippen LogP contribution in [0.4, 0.5) is 5.69 Å². The van der Waals surface area contributed by atoms with E-state index in [4.69, 9.17) is 23.9 Å². The molecule has 1 amide bonds. The van der Waals surface area contributed by atoms with Gasteiger partial charge in [-0.1, -0.05) is 41.7 Å². The quantitative estimate of drug-likeness (QED) is 0.242. The third-order valence-electron chi connectivity index (χ3n) is 6.90. The van der Waals surface area contributed by atoms with Gasteiger partial charge in [-0.25, -0.2) is 9.79 Å². The number of benzene rings is 3. The highest BCUT2D eigenvalue weighted by molar-refractivity contribution is 9.10. The van der Waals surface area contributed by atoms with Crippen molar-refractivity contribution < 1.29 is 28.5 Å². The molecule has 232 valence electrons. The number of amides is 1. The molecule has 0 saturated carbocycles. The summed E-state index contributed by atoms with van der Waals surface area (Å²) < 4.78 is 24.0. The van der Waals surface area contributed by atoms with Crippen LogP contribution in [-0.4, -0.2) is 43.9 Å². The van der Waals surface area contributed by atoms with Crippen molar-refractivity contribution in [1.29, 1.82) is 0 Å². The van der Waals surface area contributed by atoms with Gasteiger partial charge in [0.15, 0.2) is 22.9 Å². The number of aromatic nitrogens is 1. The molecule has 1 N–H and O–H groups in total.